The molecule has 1 heteroatoms. The summed E-state index contributed by atoms with van der Waals surface area (Å²) in [6.45, 7) is 6.33. The molecular weight excluding hydrogens is 172 g/mol. The van der Waals surface area contributed by atoms with Crippen molar-refractivity contribution in [3.05, 3.63) is 35.4 Å². The molecule has 0 aromatic heterocycles. The van der Waals surface area contributed by atoms with Crippen LogP contribution in [0.2, 0.25) is 0 Å². The molecule has 0 saturated heterocycles. The van der Waals surface area contributed by atoms with Gasteiger partial charge >= 0.3 is 0 Å². The zero-order valence-electron chi connectivity index (χ0n) is 9.17. The normalized spacial score (nSPS) is 19.4. The fourth-order valence-corrected chi connectivity index (χ4v) is 2.13. The first-order chi connectivity index (χ1) is 6.42. The molecule has 1 nitrogen and oxygen atoms in total. The predicted molar refractivity (Wildman–Crippen MR) is 58.3 cm³/mol. The zero-order valence-corrected chi connectivity index (χ0v) is 9.17. The topological polar surface area (TPSA) is 20.2 Å². The van der Waals surface area contributed by atoms with E-state index in [1.807, 2.05) is 12.1 Å². The lowest BCUT2D eigenvalue weighted by atomic mass is 9.74. The molecular formula is C13H18O. The van der Waals surface area contributed by atoms with Crippen molar-refractivity contribution in [2.75, 3.05) is 0 Å². The van der Waals surface area contributed by atoms with E-state index >= 15 is 0 Å². The molecule has 1 aliphatic carbocycles. The van der Waals surface area contributed by atoms with Crippen molar-refractivity contribution in [2.45, 2.75) is 39.2 Å². The van der Waals surface area contributed by atoms with Crippen LogP contribution in [-0.2, 0) is 12.8 Å². The summed E-state index contributed by atoms with van der Waals surface area (Å²) in [5.74, 6) is 0. The van der Waals surface area contributed by atoms with Gasteiger partial charge in [-0.15, -0.1) is 0 Å². The number of rotatable bonds is 0. The maximum absolute atomic E-state index is 10.5. The minimum atomic E-state index is -0.559. The highest BCUT2D eigenvalue weighted by Gasteiger charge is 2.44. The molecule has 0 spiro atoms. The van der Waals surface area contributed by atoms with Crippen LogP contribution in [0.4, 0.5) is 0 Å². The first-order valence-electron chi connectivity index (χ1n) is 5.22. The Kier molecular flexibility index (Phi) is 1.97. The summed E-state index contributed by atoms with van der Waals surface area (Å²) in [4.78, 5) is 0. The Morgan fingerprint density at radius 1 is 1.07 bits per heavy atom. The second-order valence-electron chi connectivity index (χ2n) is 5.40. The van der Waals surface area contributed by atoms with E-state index in [0.29, 0.717) is 0 Å². The number of aliphatic hydroxyl groups is 1. The Morgan fingerprint density at radius 3 is 1.86 bits per heavy atom. The first kappa shape index (κ1) is 9.72. The maximum atomic E-state index is 10.5. The Hall–Kier alpha value is -0.820. The molecule has 0 amide bonds. The van der Waals surface area contributed by atoms with Gasteiger partial charge in [0.15, 0.2) is 0 Å². The highest BCUT2D eigenvalue weighted by molar-refractivity contribution is 5.36. The fraction of sp³-hybridized carbons (Fsp3) is 0.538. The van der Waals surface area contributed by atoms with E-state index in [-0.39, 0.29) is 5.41 Å². The molecule has 0 aliphatic heterocycles. The average Bonchev–Trinajstić information content (AvgIpc) is 2.40. The molecule has 1 N–H and O–H groups in total. The Bertz CT molecular complexity index is 321. The third-order valence-corrected chi connectivity index (χ3v) is 3.48. The van der Waals surface area contributed by atoms with Crippen LogP contribution in [0.25, 0.3) is 0 Å². The van der Waals surface area contributed by atoms with E-state index in [1.54, 1.807) is 0 Å². The molecule has 2 rings (SSSR count). The molecule has 1 aromatic rings. The predicted octanol–water partition coefficient (Wildman–Crippen LogP) is 2.56. The van der Waals surface area contributed by atoms with Crippen molar-refractivity contribution in [2.24, 2.45) is 5.41 Å². The van der Waals surface area contributed by atoms with Crippen LogP contribution >= 0.6 is 0 Å². The molecule has 1 aromatic carbocycles. The molecule has 0 bridgehead atoms. The van der Waals surface area contributed by atoms with Crippen LogP contribution in [0.5, 0.6) is 0 Å². The minimum absolute atomic E-state index is 0.0496. The summed E-state index contributed by atoms with van der Waals surface area (Å²) in [6.07, 6.45) is 1.60. The van der Waals surface area contributed by atoms with E-state index < -0.39 is 5.60 Å². The maximum Gasteiger partial charge on any atom is 0.0776 e. The molecule has 0 unspecified atom stereocenters. The summed E-state index contributed by atoms with van der Waals surface area (Å²) in [6, 6.07) is 8.35. The van der Waals surface area contributed by atoms with Crippen molar-refractivity contribution < 1.29 is 5.11 Å². The van der Waals surface area contributed by atoms with Crippen molar-refractivity contribution in [3.63, 3.8) is 0 Å². The van der Waals surface area contributed by atoms with Crippen molar-refractivity contribution in [3.8, 4) is 0 Å². The second-order valence-corrected chi connectivity index (χ2v) is 5.40. The molecule has 0 heterocycles. The van der Waals surface area contributed by atoms with Crippen LogP contribution in [-0.4, -0.2) is 10.7 Å². The van der Waals surface area contributed by atoms with Gasteiger partial charge in [0.1, 0.15) is 0 Å². The van der Waals surface area contributed by atoms with Gasteiger partial charge in [-0.05, 0) is 16.5 Å². The standard InChI is InChI=1S/C13H18O/c1-12(2,3)13(14)8-10-6-4-5-7-11(10)9-13/h4-7,14H,8-9H2,1-3H3. The Labute approximate surface area is 85.8 Å². The van der Waals surface area contributed by atoms with Crippen LogP contribution in [0.3, 0.4) is 0 Å². The van der Waals surface area contributed by atoms with E-state index in [4.69, 9.17) is 0 Å². The highest BCUT2D eigenvalue weighted by Crippen LogP contribution is 2.41. The van der Waals surface area contributed by atoms with Crippen molar-refractivity contribution >= 4 is 0 Å². The second kappa shape index (κ2) is 2.83. The minimum Gasteiger partial charge on any atom is -0.389 e. The van der Waals surface area contributed by atoms with Gasteiger partial charge in [0.05, 0.1) is 5.60 Å². The summed E-state index contributed by atoms with van der Waals surface area (Å²) in [7, 11) is 0. The van der Waals surface area contributed by atoms with Crippen molar-refractivity contribution in [1.82, 2.24) is 0 Å². The zero-order chi connectivity index (χ0) is 10.4. The van der Waals surface area contributed by atoms with E-state index in [9.17, 15) is 5.11 Å². The lowest BCUT2D eigenvalue weighted by Crippen LogP contribution is -2.43. The van der Waals surface area contributed by atoms with E-state index in [0.717, 1.165) is 12.8 Å². The molecule has 0 atom stereocenters. The first-order valence-corrected chi connectivity index (χ1v) is 5.22. The van der Waals surface area contributed by atoms with E-state index in [2.05, 4.69) is 32.9 Å². The largest absolute Gasteiger partial charge is 0.389 e. The molecule has 76 valence electrons. The monoisotopic (exact) mass is 190 g/mol. The Morgan fingerprint density at radius 2 is 1.50 bits per heavy atom. The number of hydrogen-bond donors (Lipinski definition) is 1. The SMILES string of the molecule is CC(C)(C)C1(O)Cc2ccccc2C1. The van der Waals surface area contributed by atoms with Gasteiger partial charge in [-0.25, -0.2) is 0 Å². The van der Waals surface area contributed by atoms with Gasteiger partial charge in [-0.1, -0.05) is 45.0 Å². The highest BCUT2D eigenvalue weighted by atomic mass is 16.3. The molecule has 0 radical (unpaired) electrons. The lowest BCUT2D eigenvalue weighted by Gasteiger charge is -2.36. The molecule has 0 fully saturated rings. The number of hydrogen-bond acceptors (Lipinski definition) is 1. The van der Waals surface area contributed by atoms with Gasteiger partial charge in [0, 0.05) is 12.8 Å². The van der Waals surface area contributed by atoms with Crippen LogP contribution < -0.4 is 0 Å². The smallest absolute Gasteiger partial charge is 0.0776 e. The van der Waals surface area contributed by atoms with Gasteiger partial charge in [-0.3, -0.25) is 0 Å². The summed E-state index contributed by atoms with van der Waals surface area (Å²) in [5.41, 5.74) is 2.01. The van der Waals surface area contributed by atoms with Gasteiger partial charge in [-0.2, -0.15) is 0 Å². The number of fused-ring (bicyclic) bond motifs is 1. The summed E-state index contributed by atoms with van der Waals surface area (Å²) >= 11 is 0. The van der Waals surface area contributed by atoms with Gasteiger partial charge in [0.2, 0.25) is 0 Å². The molecule has 14 heavy (non-hydrogen) atoms. The number of benzene rings is 1. The van der Waals surface area contributed by atoms with Gasteiger partial charge in [0.25, 0.3) is 0 Å². The van der Waals surface area contributed by atoms with Crippen LogP contribution in [0, 0.1) is 5.41 Å². The van der Waals surface area contributed by atoms with Crippen LogP contribution in [0.1, 0.15) is 31.9 Å². The Balaban J connectivity index is 2.35. The quantitative estimate of drug-likeness (QED) is 0.666. The molecule has 0 saturated carbocycles. The summed E-state index contributed by atoms with van der Waals surface area (Å²) in [5, 5.41) is 10.5. The fourth-order valence-electron chi connectivity index (χ4n) is 2.13. The van der Waals surface area contributed by atoms with Gasteiger partial charge < -0.3 is 5.11 Å². The summed E-state index contributed by atoms with van der Waals surface area (Å²) < 4.78 is 0. The average molecular weight is 190 g/mol. The van der Waals surface area contributed by atoms with E-state index in [1.165, 1.54) is 11.1 Å². The lowest BCUT2D eigenvalue weighted by molar-refractivity contribution is -0.0484. The third kappa shape index (κ3) is 1.36. The van der Waals surface area contributed by atoms with Crippen molar-refractivity contribution in [1.29, 1.82) is 0 Å². The molecule has 1 aliphatic rings. The third-order valence-electron chi connectivity index (χ3n) is 3.48. The van der Waals surface area contributed by atoms with Crippen LogP contribution in [0.15, 0.2) is 24.3 Å².